The molecule has 4 heteroatoms. The fourth-order valence-electron chi connectivity index (χ4n) is 3.11. The Morgan fingerprint density at radius 1 is 1.24 bits per heavy atom. The molecule has 1 heterocycles. The minimum atomic E-state index is -0.765. The first-order valence-electron chi connectivity index (χ1n) is 6.55. The van der Waals surface area contributed by atoms with Crippen LogP contribution in [0.4, 0.5) is 0 Å². The molecule has 1 saturated heterocycles. The molecule has 2 fully saturated rings. The van der Waals surface area contributed by atoms with E-state index in [0.717, 1.165) is 38.6 Å². The Bertz CT molecular complexity index is 321. The lowest BCUT2D eigenvalue weighted by Crippen LogP contribution is -2.47. The van der Waals surface area contributed by atoms with Gasteiger partial charge in [-0.05, 0) is 25.7 Å². The zero-order valence-corrected chi connectivity index (χ0v) is 10.4. The number of carbonyl (C=O) groups excluding carboxylic acids is 1. The molecule has 4 nitrogen and oxygen atoms in total. The van der Waals surface area contributed by atoms with E-state index in [2.05, 4.69) is 0 Å². The van der Waals surface area contributed by atoms with Crippen LogP contribution >= 0.6 is 0 Å². The highest BCUT2D eigenvalue weighted by Crippen LogP contribution is 2.39. The third kappa shape index (κ3) is 2.45. The molecule has 0 bridgehead atoms. The van der Waals surface area contributed by atoms with E-state index in [-0.39, 0.29) is 17.2 Å². The number of rotatable bonds is 2. The van der Waals surface area contributed by atoms with Gasteiger partial charge in [0.15, 0.2) is 0 Å². The minimum absolute atomic E-state index is 0.181. The van der Waals surface area contributed by atoms with E-state index < -0.39 is 5.97 Å². The molecule has 1 saturated carbocycles. The van der Waals surface area contributed by atoms with Crippen LogP contribution in [0.15, 0.2) is 0 Å². The van der Waals surface area contributed by atoms with Gasteiger partial charge in [-0.1, -0.05) is 19.8 Å². The summed E-state index contributed by atoms with van der Waals surface area (Å²) in [4.78, 5) is 25.2. The number of carbonyl (C=O) groups is 2. The molecule has 2 aliphatic rings. The van der Waals surface area contributed by atoms with Gasteiger partial charge in [0.05, 0.1) is 5.92 Å². The van der Waals surface area contributed by atoms with Gasteiger partial charge < -0.3 is 10.0 Å². The zero-order valence-electron chi connectivity index (χ0n) is 10.4. The second-order valence-corrected chi connectivity index (χ2v) is 5.70. The van der Waals surface area contributed by atoms with Crippen molar-refractivity contribution in [3.05, 3.63) is 0 Å². The Labute approximate surface area is 102 Å². The van der Waals surface area contributed by atoms with E-state index in [1.807, 2.05) is 6.92 Å². The molecule has 0 aromatic heterocycles. The Morgan fingerprint density at radius 2 is 1.88 bits per heavy atom. The second-order valence-electron chi connectivity index (χ2n) is 5.70. The van der Waals surface area contributed by atoms with Gasteiger partial charge >= 0.3 is 5.97 Å². The van der Waals surface area contributed by atoms with Crippen molar-refractivity contribution in [2.45, 2.75) is 45.4 Å². The van der Waals surface area contributed by atoms with Crippen LogP contribution in [0.25, 0.3) is 0 Å². The lowest BCUT2D eigenvalue weighted by atomic mass is 9.85. The largest absolute Gasteiger partial charge is 0.481 e. The molecule has 1 atom stereocenters. The van der Waals surface area contributed by atoms with Gasteiger partial charge in [-0.2, -0.15) is 0 Å². The van der Waals surface area contributed by atoms with Gasteiger partial charge in [-0.3, -0.25) is 9.59 Å². The van der Waals surface area contributed by atoms with Crippen molar-refractivity contribution in [1.82, 2.24) is 4.90 Å². The van der Waals surface area contributed by atoms with E-state index in [4.69, 9.17) is 5.11 Å². The van der Waals surface area contributed by atoms with Gasteiger partial charge in [0.1, 0.15) is 0 Å². The maximum atomic E-state index is 12.4. The zero-order chi connectivity index (χ0) is 12.5. The molecule has 1 N–H and O–H groups in total. The Balaban J connectivity index is 2.01. The highest BCUT2D eigenvalue weighted by atomic mass is 16.4. The average Bonchev–Trinajstić information content (AvgIpc) is 2.76. The van der Waals surface area contributed by atoms with Crippen LogP contribution in [0.1, 0.15) is 45.4 Å². The van der Waals surface area contributed by atoms with E-state index in [0.29, 0.717) is 13.0 Å². The van der Waals surface area contributed by atoms with Crippen LogP contribution in [-0.2, 0) is 9.59 Å². The van der Waals surface area contributed by atoms with Gasteiger partial charge in [-0.15, -0.1) is 0 Å². The summed E-state index contributed by atoms with van der Waals surface area (Å²) in [6, 6.07) is 0. The summed E-state index contributed by atoms with van der Waals surface area (Å²) in [5, 5.41) is 9.03. The fraction of sp³-hybridized carbons (Fsp3) is 0.846. The monoisotopic (exact) mass is 239 g/mol. The summed E-state index contributed by atoms with van der Waals surface area (Å²) >= 11 is 0. The molecule has 0 unspecified atom stereocenters. The number of piperidine rings is 1. The van der Waals surface area contributed by atoms with Crippen LogP contribution in [-0.4, -0.2) is 35.0 Å². The van der Waals surface area contributed by atoms with Crippen LogP contribution in [0.2, 0.25) is 0 Å². The van der Waals surface area contributed by atoms with Crippen molar-refractivity contribution in [3.63, 3.8) is 0 Å². The Kier molecular flexibility index (Phi) is 3.40. The van der Waals surface area contributed by atoms with Crippen LogP contribution in [0.5, 0.6) is 0 Å². The van der Waals surface area contributed by atoms with E-state index >= 15 is 0 Å². The third-order valence-corrected chi connectivity index (χ3v) is 4.28. The normalized spacial score (nSPS) is 28.1. The van der Waals surface area contributed by atoms with E-state index in [9.17, 15) is 9.59 Å². The first kappa shape index (κ1) is 12.4. The molecule has 0 aromatic carbocycles. The van der Waals surface area contributed by atoms with Crippen LogP contribution in [0, 0.1) is 11.3 Å². The second kappa shape index (κ2) is 4.67. The molecule has 0 spiro atoms. The Hall–Kier alpha value is -1.06. The topological polar surface area (TPSA) is 57.6 Å². The van der Waals surface area contributed by atoms with E-state index in [1.54, 1.807) is 4.90 Å². The van der Waals surface area contributed by atoms with Gasteiger partial charge in [-0.25, -0.2) is 0 Å². The summed E-state index contributed by atoms with van der Waals surface area (Å²) in [6.45, 7) is 3.18. The smallest absolute Gasteiger partial charge is 0.308 e. The summed E-state index contributed by atoms with van der Waals surface area (Å²) in [5.74, 6) is -0.947. The maximum Gasteiger partial charge on any atom is 0.308 e. The van der Waals surface area contributed by atoms with Crippen LogP contribution < -0.4 is 0 Å². The summed E-state index contributed by atoms with van der Waals surface area (Å²) < 4.78 is 0. The van der Waals surface area contributed by atoms with Gasteiger partial charge in [0.25, 0.3) is 0 Å². The summed E-state index contributed by atoms with van der Waals surface area (Å²) in [5.41, 5.74) is -0.222. The SMILES string of the molecule is CC1(C(=O)N2CCC[C@@H](C(=O)O)C2)CCCC1. The van der Waals surface area contributed by atoms with Gasteiger partial charge in [0, 0.05) is 18.5 Å². The first-order chi connectivity index (χ1) is 8.03. The number of hydrogen-bond donors (Lipinski definition) is 1. The average molecular weight is 239 g/mol. The molecule has 0 radical (unpaired) electrons. The first-order valence-corrected chi connectivity index (χ1v) is 6.55. The molecule has 1 aliphatic carbocycles. The molecule has 2 rings (SSSR count). The fourth-order valence-corrected chi connectivity index (χ4v) is 3.11. The van der Waals surface area contributed by atoms with Crippen molar-refractivity contribution in [3.8, 4) is 0 Å². The summed E-state index contributed by atoms with van der Waals surface area (Å²) in [7, 11) is 0. The standard InChI is InChI=1S/C13H21NO3/c1-13(6-2-3-7-13)12(17)14-8-4-5-10(9-14)11(15)16/h10H,2-9H2,1H3,(H,15,16)/t10-/m1/s1. The lowest BCUT2D eigenvalue weighted by molar-refractivity contribution is -0.149. The lowest BCUT2D eigenvalue weighted by Gasteiger charge is -2.36. The predicted molar refractivity (Wildman–Crippen MR) is 63.5 cm³/mol. The number of hydrogen-bond acceptors (Lipinski definition) is 2. The predicted octanol–water partition coefficient (Wildman–Crippen LogP) is 1.89. The molecule has 17 heavy (non-hydrogen) atoms. The van der Waals surface area contributed by atoms with Crippen molar-refractivity contribution < 1.29 is 14.7 Å². The highest BCUT2D eigenvalue weighted by molar-refractivity contribution is 5.83. The molecule has 1 aliphatic heterocycles. The molecule has 0 aromatic rings. The number of nitrogens with zero attached hydrogens (tertiary/aromatic N) is 1. The maximum absolute atomic E-state index is 12.4. The Morgan fingerprint density at radius 3 is 2.47 bits per heavy atom. The van der Waals surface area contributed by atoms with Crippen molar-refractivity contribution in [2.75, 3.05) is 13.1 Å². The van der Waals surface area contributed by atoms with Crippen LogP contribution in [0.3, 0.4) is 0 Å². The quantitative estimate of drug-likeness (QED) is 0.800. The molecular formula is C13H21NO3. The third-order valence-electron chi connectivity index (χ3n) is 4.28. The van der Waals surface area contributed by atoms with E-state index in [1.165, 1.54) is 0 Å². The van der Waals surface area contributed by atoms with Crippen molar-refractivity contribution in [1.29, 1.82) is 0 Å². The number of carboxylic acid groups (broad SMARTS) is 1. The highest BCUT2D eigenvalue weighted by Gasteiger charge is 2.40. The number of likely N-dealkylation sites (tertiary alicyclic amines) is 1. The molecule has 1 amide bonds. The molecule has 96 valence electrons. The van der Waals surface area contributed by atoms with Crippen molar-refractivity contribution in [2.24, 2.45) is 11.3 Å². The van der Waals surface area contributed by atoms with Crippen molar-refractivity contribution >= 4 is 11.9 Å². The number of aliphatic carboxylic acids is 1. The van der Waals surface area contributed by atoms with Gasteiger partial charge in [0.2, 0.25) is 5.91 Å². The number of carboxylic acids is 1. The minimum Gasteiger partial charge on any atom is -0.481 e. The summed E-state index contributed by atoms with van der Waals surface area (Å²) in [6.07, 6.45) is 5.69. The molecular weight excluding hydrogens is 218 g/mol. The number of amides is 1.